The number of hydrogen-bond acceptors (Lipinski definition) is 4. The van der Waals surface area contributed by atoms with Gasteiger partial charge >= 0.3 is 0 Å². The molecule has 190 valence electrons. The molecule has 5 aromatic rings. The van der Waals surface area contributed by atoms with Crippen molar-refractivity contribution in [3.05, 3.63) is 84.2 Å². The van der Waals surface area contributed by atoms with Gasteiger partial charge in [-0.2, -0.15) is 0 Å². The highest BCUT2D eigenvalue weighted by atomic mass is 16.5. The molecule has 0 unspecified atom stereocenters. The first-order valence-electron chi connectivity index (χ1n) is 13.0. The van der Waals surface area contributed by atoms with Gasteiger partial charge in [0.25, 0.3) is 0 Å². The molecule has 2 aromatic carbocycles. The molecule has 0 amide bonds. The van der Waals surface area contributed by atoms with Crippen molar-refractivity contribution in [1.29, 1.82) is 0 Å². The Morgan fingerprint density at radius 3 is 2.49 bits per heavy atom. The predicted octanol–water partition coefficient (Wildman–Crippen LogP) is 6.14. The summed E-state index contributed by atoms with van der Waals surface area (Å²) >= 11 is 0. The zero-order valence-corrected chi connectivity index (χ0v) is 21.6. The standard InChI is InChI=1S/C31H33N3O3/c1-31(2,36)25-10-7-11-26-23(25)18-27(24-19-33(3)29-22(24)12-15-32-30(29)35)34(26)28(20-8-5-4-6-9-20)21-13-16-37-17-14-21/h4-12,15,18-19,21,28,36H,13-14,16-17H2,1-3H3,(H,32,35)/t28-/m1/s1. The molecule has 6 heteroatoms. The molecule has 1 saturated heterocycles. The third-order valence-electron chi connectivity index (χ3n) is 7.82. The zero-order chi connectivity index (χ0) is 25.7. The number of hydrogen-bond donors (Lipinski definition) is 2. The van der Waals surface area contributed by atoms with E-state index in [0.29, 0.717) is 11.4 Å². The van der Waals surface area contributed by atoms with E-state index in [1.165, 1.54) is 5.56 Å². The minimum Gasteiger partial charge on any atom is -0.492 e. The van der Waals surface area contributed by atoms with Crippen LogP contribution in [0, 0.1) is 5.92 Å². The molecule has 3 aromatic heterocycles. The van der Waals surface area contributed by atoms with Crippen LogP contribution in [0.1, 0.15) is 43.9 Å². The first-order valence-corrected chi connectivity index (χ1v) is 13.0. The Morgan fingerprint density at radius 2 is 1.76 bits per heavy atom. The Balaban J connectivity index is 1.71. The summed E-state index contributed by atoms with van der Waals surface area (Å²) in [5, 5.41) is 23.7. The highest BCUT2D eigenvalue weighted by Crippen LogP contribution is 2.44. The van der Waals surface area contributed by atoms with Gasteiger partial charge in [0.2, 0.25) is 5.88 Å². The summed E-state index contributed by atoms with van der Waals surface area (Å²) in [5.41, 5.74) is 5.04. The number of pyridine rings is 1. The predicted molar refractivity (Wildman–Crippen MR) is 147 cm³/mol. The lowest BCUT2D eigenvalue weighted by molar-refractivity contribution is 0.0550. The third kappa shape index (κ3) is 4.01. The number of aromatic hydroxyl groups is 1. The van der Waals surface area contributed by atoms with Crippen LogP contribution >= 0.6 is 0 Å². The molecule has 0 spiro atoms. The molecular formula is C31H33N3O3. The number of rotatable bonds is 5. The number of fused-ring (bicyclic) bond motifs is 2. The average molecular weight is 496 g/mol. The van der Waals surface area contributed by atoms with E-state index in [1.807, 2.05) is 43.7 Å². The first-order chi connectivity index (χ1) is 17.8. The topological polar surface area (TPSA) is 72.4 Å². The van der Waals surface area contributed by atoms with Crippen molar-refractivity contribution >= 4 is 21.8 Å². The van der Waals surface area contributed by atoms with E-state index in [1.54, 1.807) is 6.20 Å². The lowest BCUT2D eigenvalue weighted by Crippen LogP contribution is -2.27. The van der Waals surface area contributed by atoms with Gasteiger partial charge in [0, 0.05) is 54.5 Å². The minimum absolute atomic E-state index is 0.0233. The Morgan fingerprint density at radius 1 is 1.00 bits per heavy atom. The second kappa shape index (κ2) is 9.05. The molecule has 1 aliphatic rings. The number of aliphatic hydroxyl groups is 1. The zero-order valence-electron chi connectivity index (χ0n) is 21.6. The van der Waals surface area contributed by atoms with Crippen LogP contribution in [-0.2, 0) is 17.4 Å². The smallest absolute Gasteiger partial charge is 0.236 e. The van der Waals surface area contributed by atoms with Gasteiger partial charge in [-0.3, -0.25) is 0 Å². The first kappa shape index (κ1) is 23.8. The summed E-state index contributed by atoms with van der Waals surface area (Å²) in [6, 6.07) is 21.2. The molecule has 0 bridgehead atoms. The fourth-order valence-corrected chi connectivity index (χ4v) is 6.15. The van der Waals surface area contributed by atoms with E-state index in [0.717, 1.165) is 59.2 Å². The van der Waals surface area contributed by atoms with Crippen molar-refractivity contribution in [3.63, 3.8) is 0 Å². The largest absolute Gasteiger partial charge is 0.492 e. The van der Waals surface area contributed by atoms with Crippen LogP contribution < -0.4 is 0 Å². The quantitative estimate of drug-likeness (QED) is 0.307. The van der Waals surface area contributed by atoms with E-state index in [2.05, 4.69) is 58.2 Å². The number of benzene rings is 2. The van der Waals surface area contributed by atoms with Gasteiger partial charge in [0.15, 0.2) is 0 Å². The lowest BCUT2D eigenvalue weighted by Gasteiger charge is -2.34. The molecule has 0 aliphatic carbocycles. The Hall–Kier alpha value is -3.61. The summed E-state index contributed by atoms with van der Waals surface area (Å²) in [5.74, 6) is 0.413. The molecule has 1 aliphatic heterocycles. The Bertz CT molecular complexity index is 1570. The van der Waals surface area contributed by atoms with Crippen LogP contribution in [0.4, 0.5) is 0 Å². The number of nitrogens with zero attached hydrogens (tertiary/aromatic N) is 3. The summed E-state index contributed by atoms with van der Waals surface area (Å²) in [6.07, 6.45) is 5.68. The van der Waals surface area contributed by atoms with Gasteiger partial charge < -0.3 is 24.1 Å². The molecule has 6 nitrogen and oxygen atoms in total. The van der Waals surface area contributed by atoms with Crippen LogP contribution in [0.2, 0.25) is 0 Å². The van der Waals surface area contributed by atoms with Crippen molar-refractivity contribution in [1.82, 2.24) is 14.1 Å². The van der Waals surface area contributed by atoms with Crippen LogP contribution in [0.5, 0.6) is 5.88 Å². The van der Waals surface area contributed by atoms with Crippen molar-refractivity contribution in [2.24, 2.45) is 13.0 Å². The van der Waals surface area contributed by atoms with Crippen molar-refractivity contribution in [2.75, 3.05) is 13.2 Å². The van der Waals surface area contributed by atoms with Crippen molar-refractivity contribution in [2.45, 2.75) is 38.3 Å². The second-order valence-electron chi connectivity index (χ2n) is 10.7. The number of aromatic nitrogens is 3. The fraction of sp³-hybridized carbons (Fsp3) is 0.323. The van der Waals surface area contributed by atoms with Crippen LogP contribution in [0.25, 0.3) is 33.1 Å². The van der Waals surface area contributed by atoms with Gasteiger partial charge in [0.1, 0.15) is 5.52 Å². The third-order valence-corrected chi connectivity index (χ3v) is 7.82. The maximum atomic E-state index is 11.1. The van der Waals surface area contributed by atoms with E-state index < -0.39 is 5.60 Å². The second-order valence-corrected chi connectivity index (χ2v) is 10.7. The molecule has 0 radical (unpaired) electrons. The molecule has 1 fully saturated rings. The lowest BCUT2D eigenvalue weighted by atomic mass is 9.86. The van der Waals surface area contributed by atoms with E-state index in [-0.39, 0.29) is 11.9 Å². The van der Waals surface area contributed by atoms with Crippen LogP contribution in [0.15, 0.2) is 73.1 Å². The van der Waals surface area contributed by atoms with Crippen LogP contribution in [0.3, 0.4) is 0 Å². The molecule has 2 N–H and O–H groups in total. The van der Waals surface area contributed by atoms with E-state index in [9.17, 15) is 10.2 Å². The highest BCUT2D eigenvalue weighted by molar-refractivity contribution is 6.01. The average Bonchev–Trinajstić information content (AvgIpc) is 3.43. The maximum Gasteiger partial charge on any atom is 0.236 e. The van der Waals surface area contributed by atoms with E-state index >= 15 is 0 Å². The Labute approximate surface area is 216 Å². The van der Waals surface area contributed by atoms with Gasteiger partial charge in [-0.25, -0.2) is 4.98 Å². The van der Waals surface area contributed by atoms with Crippen LogP contribution in [-0.4, -0.2) is 37.5 Å². The number of ether oxygens (including phenoxy) is 1. The monoisotopic (exact) mass is 495 g/mol. The SMILES string of the molecule is Cn1cc(-c2cc3c(C(C)(C)O)cccc3n2[C@H](c2ccccc2)C2CCOCC2)c2ccnc(O)c21. The molecule has 0 saturated carbocycles. The van der Waals surface area contributed by atoms with Gasteiger partial charge in [-0.15, -0.1) is 0 Å². The van der Waals surface area contributed by atoms with Crippen molar-refractivity contribution < 1.29 is 14.9 Å². The number of aryl methyl sites for hydroxylation is 1. The van der Waals surface area contributed by atoms with Gasteiger partial charge in [-0.1, -0.05) is 42.5 Å². The highest BCUT2D eigenvalue weighted by Gasteiger charge is 2.32. The normalized spacial score (nSPS) is 16.0. The van der Waals surface area contributed by atoms with E-state index in [4.69, 9.17) is 4.74 Å². The molecule has 4 heterocycles. The molecule has 1 atom stereocenters. The summed E-state index contributed by atoms with van der Waals surface area (Å²) < 4.78 is 10.2. The Kier molecular flexibility index (Phi) is 5.81. The fourth-order valence-electron chi connectivity index (χ4n) is 6.15. The minimum atomic E-state index is -0.995. The molecule has 37 heavy (non-hydrogen) atoms. The van der Waals surface area contributed by atoms with Gasteiger partial charge in [-0.05, 0) is 61.9 Å². The summed E-state index contributed by atoms with van der Waals surface area (Å²) in [6.45, 7) is 5.19. The molecular weight excluding hydrogens is 462 g/mol. The molecule has 6 rings (SSSR count). The maximum absolute atomic E-state index is 11.1. The van der Waals surface area contributed by atoms with Gasteiger partial charge in [0.05, 0.1) is 17.3 Å². The summed E-state index contributed by atoms with van der Waals surface area (Å²) in [4.78, 5) is 4.12. The van der Waals surface area contributed by atoms with Crippen molar-refractivity contribution in [3.8, 4) is 17.1 Å². The summed E-state index contributed by atoms with van der Waals surface area (Å²) in [7, 11) is 1.94.